The summed E-state index contributed by atoms with van der Waals surface area (Å²) >= 11 is 0. The van der Waals surface area contributed by atoms with Crippen LogP contribution in [0.25, 0.3) is 10.8 Å². The Bertz CT molecular complexity index is 846. The molecule has 0 fully saturated rings. The Balaban J connectivity index is 1.58. The van der Waals surface area contributed by atoms with E-state index in [1.165, 1.54) is 17.5 Å². The number of amides is 1. The first-order valence-corrected chi connectivity index (χ1v) is 7.83. The second-order valence-electron chi connectivity index (χ2n) is 5.79. The third-order valence-corrected chi connectivity index (χ3v) is 3.95. The van der Waals surface area contributed by atoms with E-state index in [1.807, 2.05) is 36.4 Å². The molecule has 0 saturated carbocycles. The van der Waals surface area contributed by atoms with Gasteiger partial charge in [-0.1, -0.05) is 42.5 Å². The monoisotopic (exact) mass is 322 g/mol. The summed E-state index contributed by atoms with van der Waals surface area (Å²) in [5.41, 5.74) is 1.81. The van der Waals surface area contributed by atoms with Crippen molar-refractivity contribution in [1.29, 1.82) is 0 Å². The number of nitrogens with one attached hydrogen (secondary N) is 1. The Morgan fingerprint density at radius 3 is 2.46 bits per heavy atom. The summed E-state index contributed by atoms with van der Waals surface area (Å²) < 4.78 is 12.9. The molecule has 3 aromatic rings. The lowest BCUT2D eigenvalue weighted by Crippen LogP contribution is -2.31. The Hall–Kier alpha value is -2.88. The molecule has 3 nitrogen and oxygen atoms in total. The summed E-state index contributed by atoms with van der Waals surface area (Å²) in [4.78, 5) is 13.9. The van der Waals surface area contributed by atoms with Crippen molar-refractivity contribution >= 4 is 22.4 Å². The molecule has 0 bridgehead atoms. The Kier molecular flexibility index (Phi) is 4.75. The van der Waals surface area contributed by atoms with E-state index >= 15 is 0 Å². The number of hydrogen-bond donors (Lipinski definition) is 1. The van der Waals surface area contributed by atoms with E-state index in [0.29, 0.717) is 6.54 Å². The number of anilines is 1. The molecule has 0 unspecified atom stereocenters. The number of carbonyl (C=O) groups is 1. The molecule has 0 radical (unpaired) electrons. The lowest BCUT2D eigenvalue weighted by Gasteiger charge is -2.18. The van der Waals surface area contributed by atoms with Gasteiger partial charge in [0.25, 0.3) is 0 Å². The zero-order valence-corrected chi connectivity index (χ0v) is 13.5. The minimum absolute atomic E-state index is 0.0208. The highest BCUT2D eigenvalue weighted by atomic mass is 19.1. The van der Waals surface area contributed by atoms with Crippen molar-refractivity contribution in [1.82, 2.24) is 4.90 Å². The molecule has 3 rings (SSSR count). The average Bonchev–Trinajstić information content (AvgIpc) is 2.61. The molecule has 0 aromatic heterocycles. The van der Waals surface area contributed by atoms with Crippen molar-refractivity contribution in [3.8, 4) is 0 Å². The number of hydrogen-bond acceptors (Lipinski definition) is 2. The topological polar surface area (TPSA) is 32.3 Å². The molecule has 0 aliphatic heterocycles. The van der Waals surface area contributed by atoms with Crippen LogP contribution >= 0.6 is 0 Å². The van der Waals surface area contributed by atoms with Gasteiger partial charge in [-0.25, -0.2) is 4.39 Å². The van der Waals surface area contributed by atoms with Crippen LogP contribution in [0.5, 0.6) is 0 Å². The molecule has 1 N–H and O–H groups in total. The average molecular weight is 322 g/mol. The number of halogens is 1. The van der Waals surface area contributed by atoms with Gasteiger partial charge >= 0.3 is 0 Å². The molecule has 0 heterocycles. The maximum atomic E-state index is 12.9. The van der Waals surface area contributed by atoms with Gasteiger partial charge in [-0.05, 0) is 40.6 Å². The van der Waals surface area contributed by atoms with Crippen LogP contribution in [0.4, 0.5) is 10.1 Å². The first kappa shape index (κ1) is 16.0. The molecule has 122 valence electrons. The molecule has 4 heteroatoms. The zero-order chi connectivity index (χ0) is 16.9. The highest BCUT2D eigenvalue weighted by molar-refractivity contribution is 5.87. The van der Waals surface area contributed by atoms with Crippen molar-refractivity contribution in [3.63, 3.8) is 0 Å². The molecule has 1 amide bonds. The molecule has 24 heavy (non-hydrogen) atoms. The second kappa shape index (κ2) is 7.13. The SMILES string of the molecule is CN(Cc1ccc(F)cc1)C(=O)CNc1ccc2ccccc2c1. The minimum Gasteiger partial charge on any atom is -0.376 e. The van der Waals surface area contributed by atoms with Crippen molar-refractivity contribution in [2.24, 2.45) is 0 Å². The molecule has 0 spiro atoms. The molecular weight excluding hydrogens is 303 g/mol. The first-order chi connectivity index (χ1) is 11.6. The fourth-order valence-electron chi connectivity index (χ4n) is 2.56. The van der Waals surface area contributed by atoms with Crippen LogP contribution in [-0.2, 0) is 11.3 Å². The normalized spacial score (nSPS) is 10.6. The van der Waals surface area contributed by atoms with Gasteiger partial charge in [0.1, 0.15) is 5.82 Å². The largest absolute Gasteiger partial charge is 0.376 e. The van der Waals surface area contributed by atoms with E-state index < -0.39 is 0 Å². The quantitative estimate of drug-likeness (QED) is 0.768. The molecule has 0 aliphatic carbocycles. The molecule has 0 atom stereocenters. The Morgan fingerprint density at radius 1 is 1.00 bits per heavy atom. The molecule has 0 saturated heterocycles. The van der Waals surface area contributed by atoms with Crippen molar-refractivity contribution < 1.29 is 9.18 Å². The van der Waals surface area contributed by atoms with Crippen molar-refractivity contribution in [3.05, 3.63) is 78.1 Å². The van der Waals surface area contributed by atoms with Crippen LogP contribution in [0.3, 0.4) is 0 Å². The highest BCUT2D eigenvalue weighted by Gasteiger charge is 2.09. The number of carbonyl (C=O) groups excluding carboxylic acids is 1. The van der Waals surface area contributed by atoms with E-state index in [2.05, 4.69) is 11.4 Å². The number of benzene rings is 3. The maximum Gasteiger partial charge on any atom is 0.241 e. The van der Waals surface area contributed by atoms with E-state index in [0.717, 1.165) is 16.6 Å². The van der Waals surface area contributed by atoms with Gasteiger partial charge in [0.15, 0.2) is 0 Å². The summed E-state index contributed by atoms with van der Waals surface area (Å²) in [6.45, 7) is 0.675. The highest BCUT2D eigenvalue weighted by Crippen LogP contribution is 2.18. The minimum atomic E-state index is -0.272. The smallest absolute Gasteiger partial charge is 0.241 e. The van der Waals surface area contributed by atoms with Crippen molar-refractivity contribution in [2.75, 3.05) is 18.9 Å². The summed E-state index contributed by atoms with van der Waals surface area (Å²) in [6, 6.07) is 20.3. The van der Waals surface area contributed by atoms with E-state index in [1.54, 1.807) is 24.1 Å². The van der Waals surface area contributed by atoms with E-state index in [9.17, 15) is 9.18 Å². The van der Waals surface area contributed by atoms with Gasteiger partial charge in [-0.3, -0.25) is 4.79 Å². The van der Waals surface area contributed by atoms with E-state index in [-0.39, 0.29) is 18.3 Å². The van der Waals surface area contributed by atoms with Crippen LogP contribution in [0.15, 0.2) is 66.7 Å². The summed E-state index contributed by atoms with van der Waals surface area (Å²) in [5, 5.41) is 5.46. The predicted octanol–water partition coefficient (Wildman–Crippen LogP) is 4.05. The van der Waals surface area contributed by atoms with Gasteiger partial charge in [0.05, 0.1) is 6.54 Å². The van der Waals surface area contributed by atoms with Gasteiger partial charge < -0.3 is 10.2 Å². The van der Waals surface area contributed by atoms with Crippen LogP contribution in [0, 0.1) is 5.82 Å². The van der Waals surface area contributed by atoms with Crippen molar-refractivity contribution in [2.45, 2.75) is 6.54 Å². The fourth-order valence-corrected chi connectivity index (χ4v) is 2.56. The van der Waals surface area contributed by atoms with Crippen LogP contribution in [0.2, 0.25) is 0 Å². The van der Waals surface area contributed by atoms with Gasteiger partial charge in [0, 0.05) is 19.3 Å². The molecule has 3 aromatic carbocycles. The van der Waals surface area contributed by atoms with Crippen LogP contribution in [0.1, 0.15) is 5.56 Å². The van der Waals surface area contributed by atoms with Crippen LogP contribution < -0.4 is 5.32 Å². The Labute approximate surface area is 140 Å². The third kappa shape index (κ3) is 3.90. The van der Waals surface area contributed by atoms with Gasteiger partial charge in [0.2, 0.25) is 5.91 Å². The van der Waals surface area contributed by atoms with Gasteiger partial charge in [-0.2, -0.15) is 0 Å². The number of rotatable bonds is 5. The fraction of sp³-hybridized carbons (Fsp3) is 0.150. The van der Waals surface area contributed by atoms with Crippen LogP contribution in [-0.4, -0.2) is 24.4 Å². The van der Waals surface area contributed by atoms with E-state index in [4.69, 9.17) is 0 Å². The third-order valence-electron chi connectivity index (χ3n) is 3.95. The second-order valence-corrected chi connectivity index (χ2v) is 5.79. The lowest BCUT2D eigenvalue weighted by molar-refractivity contribution is -0.128. The number of fused-ring (bicyclic) bond motifs is 1. The Morgan fingerprint density at radius 2 is 1.71 bits per heavy atom. The summed E-state index contributed by atoms with van der Waals surface area (Å²) in [7, 11) is 1.74. The predicted molar refractivity (Wildman–Crippen MR) is 95.3 cm³/mol. The summed E-state index contributed by atoms with van der Waals surface area (Å²) in [6.07, 6.45) is 0. The molecular formula is C20H19FN2O. The first-order valence-electron chi connectivity index (χ1n) is 7.83. The number of likely N-dealkylation sites (N-methyl/N-ethyl adjacent to an activating group) is 1. The number of nitrogens with zero attached hydrogens (tertiary/aromatic N) is 1. The summed E-state index contributed by atoms with van der Waals surface area (Å²) in [5.74, 6) is -0.293. The van der Waals surface area contributed by atoms with Gasteiger partial charge in [-0.15, -0.1) is 0 Å². The lowest BCUT2D eigenvalue weighted by atomic mass is 10.1. The standard InChI is InChI=1S/C20H19FN2O/c1-23(14-15-6-9-18(21)10-7-15)20(24)13-22-19-11-8-16-4-2-3-5-17(16)12-19/h2-12,22H,13-14H2,1H3. The molecule has 0 aliphatic rings. The zero-order valence-electron chi connectivity index (χ0n) is 13.5. The maximum absolute atomic E-state index is 12.9.